The standard InChI is InChI=1S/C18H20FN3O2/c1-12(13-8-9-20-10-13)22-18(23)14-2-7-17(21-11-14)24-16-5-3-15(19)4-6-16/h2-7,11-13,20H,8-10H2,1H3,(H,22,23). The van der Waals surface area contributed by atoms with Crippen molar-refractivity contribution in [3.8, 4) is 11.6 Å². The predicted octanol–water partition coefficient (Wildman–Crippen LogP) is 2.74. The highest BCUT2D eigenvalue weighted by atomic mass is 19.1. The Balaban J connectivity index is 1.59. The summed E-state index contributed by atoms with van der Waals surface area (Å²) in [6, 6.07) is 9.08. The molecule has 1 saturated heterocycles. The van der Waals surface area contributed by atoms with Crippen molar-refractivity contribution < 1.29 is 13.9 Å². The number of halogens is 1. The molecule has 0 aliphatic carbocycles. The summed E-state index contributed by atoms with van der Waals surface area (Å²) in [5.74, 6) is 0.835. The molecule has 1 amide bonds. The number of aromatic nitrogens is 1. The van der Waals surface area contributed by atoms with Gasteiger partial charge in [-0.3, -0.25) is 4.79 Å². The van der Waals surface area contributed by atoms with Crippen molar-refractivity contribution in [2.24, 2.45) is 5.92 Å². The van der Waals surface area contributed by atoms with Crippen molar-refractivity contribution in [3.63, 3.8) is 0 Å². The van der Waals surface area contributed by atoms with Gasteiger partial charge in [0.1, 0.15) is 11.6 Å². The van der Waals surface area contributed by atoms with Crippen LogP contribution in [0.15, 0.2) is 42.6 Å². The fourth-order valence-corrected chi connectivity index (χ4v) is 2.71. The molecule has 2 atom stereocenters. The molecule has 2 N–H and O–H groups in total. The minimum absolute atomic E-state index is 0.114. The van der Waals surface area contributed by atoms with Crippen molar-refractivity contribution in [2.75, 3.05) is 13.1 Å². The molecule has 0 saturated carbocycles. The molecule has 126 valence electrons. The summed E-state index contributed by atoms with van der Waals surface area (Å²) in [4.78, 5) is 16.4. The van der Waals surface area contributed by atoms with Gasteiger partial charge in [0.2, 0.25) is 5.88 Å². The number of rotatable bonds is 5. The van der Waals surface area contributed by atoms with Gasteiger partial charge in [0.25, 0.3) is 5.91 Å². The van der Waals surface area contributed by atoms with Crippen molar-refractivity contribution in [3.05, 3.63) is 54.0 Å². The third-order valence-corrected chi connectivity index (χ3v) is 4.20. The van der Waals surface area contributed by atoms with Gasteiger partial charge in [-0.05, 0) is 62.7 Å². The lowest BCUT2D eigenvalue weighted by atomic mass is 10.0. The Hall–Kier alpha value is -2.47. The van der Waals surface area contributed by atoms with E-state index in [-0.39, 0.29) is 17.8 Å². The highest BCUT2D eigenvalue weighted by Gasteiger charge is 2.22. The van der Waals surface area contributed by atoms with Gasteiger partial charge in [0.15, 0.2) is 0 Å². The molecule has 1 aliphatic rings. The first-order chi connectivity index (χ1) is 11.6. The molecule has 6 heteroatoms. The molecule has 0 radical (unpaired) electrons. The van der Waals surface area contributed by atoms with E-state index in [4.69, 9.17) is 4.74 Å². The maximum atomic E-state index is 12.9. The Kier molecular flexibility index (Phi) is 5.05. The van der Waals surface area contributed by atoms with Crippen LogP contribution in [0.2, 0.25) is 0 Å². The number of carbonyl (C=O) groups excluding carboxylic acids is 1. The smallest absolute Gasteiger partial charge is 0.253 e. The molecular weight excluding hydrogens is 309 g/mol. The Morgan fingerprint density at radius 1 is 1.33 bits per heavy atom. The second kappa shape index (κ2) is 7.40. The summed E-state index contributed by atoms with van der Waals surface area (Å²) >= 11 is 0. The third kappa shape index (κ3) is 4.08. The number of benzene rings is 1. The summed E-state index contributed by atoms with van der Waals surface area (Å²) in [6.07, 6.45) is 2.55. The Morgan fingerprint density at radius 3 is 2.75 bits per heavy atom. The van der Waals surface area contributed by atoms with E-state index >= 15 is 0 Å². The number of hydrogen-bond donors (Lipinski definition) is 2. The molecule has 0 spiro atoms. The number of nitrogens with one attached hydrogen (secondary N) is 2. The molecule has 1 aliphatic heterocycles. The van der Waals surface area contributed by atoms with Gasteiger partial charge in [-0.25, -0.2) is 9.37 Å². The van der Waals surface area contributed by atoms with Crippen molar-refractivity contribution in [1.82, 2.24) is 15.6 Å². The summed E-state index contributed by atoms with van der Waals surface area (Å²) in [5.41, 5.74) is 0.485. The van der Waals surface area contributed by atoms with Crippen LogP contribution in [0.25, 0.3) is 0 Å². The average molecular weight is 329 g/mol. The topological polar surface area (TPSA) is 63.2 Å². The van der Waals surface area contributed by atoms with Crippen molar-refractivity contribution >= 4 is 5.91 Å². The molecule has 2 aromatic rings. The van der Waals surface area contributed by atoms with Gasteiger partial charge < -0.3 is 15.4 Å². The van der Waals surface area contributed by atoms with Gasteiger partial charge in [-0.15, -0.1) is 0 Å². The minimum atomic E-state index is -0.325. The second-order valence-corrected chi connectivity index (χ2v) is 5.96. The van der Waals surface area contributed by atoms with Crippen LogP contribution < -0.4 is 15.4 Å². The number of amides is 1. The predicted molar refractivity (Wildman–Crippen MR) is 88.6 cm³/mol. The van der Waals surface area contributed by atoms with Gasteiger partial charge >= 0.3 is 0 Å². The maximum Gasteiger partial charge on any atom is 0.253 e. The van der Waals surface area contributed by atoms with Crippen LogP contribution in [0, 0.1) is 11.7 Å². The molecule has 3 rings (SSSR count). The van der Waals surface area contributed by atoms with Crippen molar-refractivity contribution in [2.45, 2.75) is 19.4 Å². The van der Waals surface area contributed by atoms with Crippen LogP contribution in [-0.4, -0.2) is 30.0 Å². The second-order valence-electron chi connectivity index (χ2n) is 5.96. The van der Waals surface area contributed by atoms with E-state index < -0.39 is 0 Å². The fraction of sp³-hybridized carbons (Fsp3) is 0.333. The lowest BCUT2D eigenvalue weighted by Crippen LogP contribution is -2.38. The highest BCUT2D eigenvalue weighted by molar-refractivity contribution is 5.94. The van der Waals surface area contributed by atoms with Crippen LogP contribution in [0.3, 0.4) is 0 Å². The number of ether oxygens (including phenoxy) is 1. The molecule has 24 heavy (non-hydrogen) atoms. The molecule has 1 fully saturated rings. The van der Waals surface area contributed by atoms with Crippen molar-refractivity contribution in [1.29, 1.82) is 0 Å². The lowest BCUT2D eigenvalue weighted by molar-refractivity contribution is 0.0928. The third-order valence-electron chi connectivity index (χ3n) is 4.20. The van der Waals surface area contributed by atoms with E-state index in [9.17, 15) is 9.18 Å². The number of nitrogens with zero attached hydrogens (tertiary/aromatic N) is 1. The van der Waals surface area contributed by atoms with E-state index in [2.05, 4.69) is 15.6 Å². The quantitative estimate of drug-likeness (QED) is 0.885. The molecule has 0 bridgehead atoms. The van der Waals surface area contributed by atoms with Gasteiger partial charge in [0.05, 0.1) is 5.56 Å². The number of carbonyl (C=O) groups is 1. The fourth-order valence-electron chi connectivity index (χ4n) is 2.71. The molecule has 2 unspecified atom stereocenters. The van der Waals surface area contributed by atoms with E-state index in [1.54, 1.807) is 12.1 Å². The zero-order valence-corrected chi connectivity index (χ0v) is 13.5. The largest absolute Gasteiger partial charge is 0.439 e. The number of pyridine rings is 1. The van der Waals surface area contributed by atoms with Crippen LogP contribution in [-0.2, 0) is 0 Å². The normalized spacial score (nSPS) is 18.2. The first-order valence-electron chi connectivity index (χ1n) is 8.03. The van der Waals surface area contributed by atoms with E-state index in [0.29, 0.717) is 23.1 Å². The zero-order valence-electron chi connectivity index (χ0n) is 13.5. The highest BCUT2D eigenvalue weighted by Crippen LogP contribution is 2.20. The monoisotopic (exact) mass is 329 g/mol. The minimum Gasteiger partial charge on any atom is -0.439 e. The maximum absolute atomic E-state index is 12.9. The zero-order chi connectivity index (χ0) is 16.9. The summed E-state index contributed by atoms with van der Waals surface area (Å²) in [6.45, 7) is 3.96. The summed E-state index contributed by atoms with van der Waals surface area (Å²) in [7, 11) is 0. The molecule has 2 heterocycles. The Bertz CT molecular complexity index is 682. The SMILES string of the molecule is CC(NC(=O)c1ccc(Oc2ccc(F)cc2)nc1)C1CCNC1. The van der Waals surface area contributed by atoms with Crippen LogP contribution >= 0.6 is 0 Å². The van der Waals surface area contributed by atoms with Gasteiger partial charge in [-0.1, -0.05) is 0 Å². The summed E-state index contributed by atoms with van der Waals surface area (Å²) in [5, 5.41) is 6.31. The van der Waals surface area contributed by atoms with Crippen LogP contribution in [0.5, 0.6) is 11.6 Å². The first-order valence-corrected chi connectivity index (χ1v) is 8.03. The average Bonchev–Trinajstić information content (AvgIpc) is 3.12. The van der Waals surface area contributed by atoms with Crippen LogP contribution in [0.4, 0.5) is 4.39 Å². The van der Waals surface area contributed by atoms with Gasteiger partial charge in [0, 0.05) is 18.3 Å². The lowest BCUT2D eigenvalue weighted by Gasteiger charge is -2.19. The molecule has 1 aromatic heterocycles. The van der Waals surface area contributed by atoms with E-state index in [0.717, 1.165) is 19.5 Å². The molecular formula is C18H20FN3O2. The van der Waals surface area contributed by atoms with E-state index in [1.807, 2.05) is 6.92 Å². The summed E-state index contributed by atoms with van der Waals surface area (Å²) < 4.78 is 18.4. The molecule has 1 aromatic carbocycles. The van der Waals surface area contributed by atoms with Crippen LogP contribution in [0.1, 0.15) is 23.7 Å². The first kappa shape index (κ1) is 16.4. The van der Waals surface area contributed by atoms with E-state index in [1.165, 1.54) is 30.5 Å². The Labute approximate surface area is 140 Å². The number of hydrogen-bond acceptors (Lipinski definition) is 4. The van der Waals surface area contributed by atoms with Gasteiger partial charge in [-0.2, -0.15) is 0 Å². The Morgan fingerprint density at radius 2 is 2.12 bits per heavy atom. The molecule has 5 nitrogen and oxygen atoms in total.